The fourth-order valence-electron chi connectivity index (χ4n) is 2.83. The van der Waals surface area contributed by atoms with Crippen molar-refractivity contribution in [2.24, 2.45) is 0 Å². The molecule has 1 fully saturated rings. The summed E-state index contributed by atoms with van der Waals surface area (Å²) >= 11 is 0. The number of likely N-dealkylation sites (tertiary alicyclic amines) is 1. The van der Waals surface area contributed by atoms with Gasteiger partial charge < -0.3 is 15.3 Å². The third-order valence-electron chi connectivity index (χ3n) is 4.11. The summed E-state index contributed by atoms with van der Waals surface area (Å²) in [7, 11) is 1.73. The zero-order chi connectivity index (χ0) is 15.7. The molecule has 0 bridgehead atoms. The second-order valence-corrected chi connectivity index (χ2v) is 5.67. The minimum Gasteiger partial charge on any atom is -0.506 e. The van der Waals surface area contributed by atoms with E-state index in [1.54, 1.807) is 24.1 Å². The van der Waals surface area contributed by atoms with Gasteiger partial charge in [-0.3, -0.25) is 9.59 Å². The number of phenolic OH excluding ortho intramolecular Hbond substituents is 1. The molecule has 0 aliphatic carbocycles. The molecule has 114 valence electrons. The van der Waals surface area contributed by atoms with Crippen LogP contribution in [0.4, 0.5) is 0 Å². The van der Waals surface area contributed by atoms with E-state index in [1.165, 1.54) is 0 Å². The number of nitrogens with one attached hydrogen (secondary N) is 1. The van der Waals surface area contributed by atoms with E-state index in [0.717, 1.165) is 5.39 Å². The summed E-state index contributed by atoms with van der Waals surface area (Å²) < 4.78 is 0. The molecule has 0 spiro atoms. The SMILES string of the molecule is CN1CC(NC(=O)c2ccc3ccccc3c2O)CCC1=O. The number of piperidine rings is 1. The maximum Gasteiger partial charge on any atom is 0.255 e. The predicted octanol–water partition coefficient (Wildman–Crippen LogP) is 1.90. The van der Waals surface area contributed by atoms with Crippen molar-refractivity contribution in [3.05, 3.63) is 42.0 Å². The smallest absolute Gasteiger partial charge is 0.255 e. The van der Waals surface area contributed by atoms with Crippen LogP contribution >= 0.6 is 0 Å². The topological polar surface area (TPSA) is 69.6 Å². The molecule has 0 radical (unpaired) electrons. The van der Waals surface area contributed by atoms with Crippen LogP contribution in [0.1, 0.15) is 23.2 Å². The number of rotatable bonds is 2. The molecule has 22 heavy (non-hydrogen) atoms. The Hall–Kier alpha value is -2.56. The summed E-state index contributed by atoms with van der Waals surface area (Å²) in [6, 6.07) is 10.8. The van der Waals surface area contributed by atoms with Gasteiger partial charge >= 0.3 is 0 Å². The van der Waals surface area contributed by atoms with Crippen LogP contribution in [0.25, 0.3) is 10.8 Å². The molecule has 1 atom stereocenters. The van der Waals surface area contributed by atoms with Gasteiger partial charge in [0.25, 0.3) is 5.91 Å². The van der Waals surface area contributed by atoms with Crippen molar-refractivity contribution in [3.8, 4) is 5.75 Å². The van der Waals surface area contributed by atoms with E-state index in [9.17, 15) is 14.7 Å². The van der Waals surface area contributed by atoms with Crippen molar-refractivity contribution in [2.75, 3.05) is 13.6 Å². The van der Waals surface area contributed by atoms with Crippen molar-refractivity contribution in [2.45, 2.75) is 18.9 Å². The summed E-state index contributed by atoms with van der Waals surface area (Å²) in [5, 5.41) is 14.8. The van der Waals surface area contributed by atoms with E-state index in [2.05, 4.69) is 5.32 Å². The monoisotopic (exact) mass is 298 g/mol. The Balaban J connectivity index is 1.81. The van der Waals surface area contributed by atoms with E-state index in [1.807, 2.05) is 24.3 Å². The zero-order valence-corrected chi connectivity index (χ0v) is 12.4. The van der Waals surface area contributed by atoms with Gasteiger partial charge in [-0.15, -0.1) is 0 Å². The minimum atomic E-state index is -0.309. The number of hydrogen-bond acceptors (Lipinski definition) is 3. The van der Waals surface area contributed by atoms with Crippen molar-refractivity contribution in [3.63, 3.8) is 0 Å². The number of nitrogens with zero attached hydrogens (tertiary/aromatic N) is 1. The summed E-state index contributed by atoms with van der Waals surface area (Å²) in [5.41, 5.74) is 0.262. The normalized spacial score (nSPS) is 18.5. The first kappa shape index (κ1) is 14.4. The lowest BCUT2D eigenvalue weighted by atomic mass is 10.0. The summed E-state index contributed by atoms with van der Waals surface area (Å²) in [6.07, 6.45) is 1.06. The summed E-state index contributed by atoms with van der Waals surface area (Å²) in [4.78, 5) is 25.5. The number of fused-ring (bicyclic) bond motifs is 1. The van der Waals surface area contributed by atoms with Crippen LogP contribution in [-0.4, -0.2) is 41.5 Å². The maximum atomic E-state index is 12.4. The van der Waals surface area contributed by atoms with Gasteiger partial charge in [0.2, 0.25) is 5.91 Å². The lowest BCUT2D eigenvalue weighted by Gasteiger charge is -2.30. The van der Waals surface area contributed by atoms with Gasteiger partial charge in [-0.1, -0.05) is 30.3 Å². The number of carbonyl (C=O) groups excluding carboxylic acids is 2. The predicted molar refractivity (Wildman–Crippen MR) is 83.7 cm³/mol. The van der Waals surface area contributed by atoms with Crippen LogP contribution in [0.2, 0.25) is 0 Å². The third kappa shape index (κ3) is 2.62. The molecule has 1 unspecified atom stereocenters. The van der Waals surface area contributed by atoms with Crippen molar-refractivity contribution >= 4 is 22.6 Å². The van der Waals surface area contributed by atoms with Crippen LogP contribution in [0.5, 0.6) is 5.75 Å². The number of amides is 2. The highest BCUT2D eigenvalue weighted by molar-refractivity contribution is 6.03. The number of carbonyl (C=O) groups is 2. The Morgan fingerprint density at radius 1 is 1.27 bits per heavy atom. The van der Waals surface area contributed by atoms with Gasteiger partial charge in [0.1, 0.15) is 5.75 Å². The van der Waals surface area contributed by atoms with Gasteiger partial charge in [-0.05, 0) is 17.9 Å². The van der Waals surface area contributed by atoms with Crippen LogP contribution in [0.3, 0.4) is 0 Å². The molecule has 1 heterocycles. The molecule has 1 saturated heterocycles. The molecule has 1 aliphatic rings. The molecule has 2 aromatic carbocycles. The fraction of sp³-hybridized carbons (Fsp3) is 0.294. The van der Waals surface area contributed by atoms with E-state index >= 15 is 0 Å². The average molecular weight is 298 g/mol. The quantitative estimate of drug-likeness (QED) is 0.889. The van der Waals surface area contributed by atoms with Crippen LogP contribution in [-0.2, 0) is 4.79 Å². The highest BCUT2D eigenvalue weighted by Gasteiger charge is 2.25. The minimum absolute atomic E-state index is 0.00385. The molecule has 0 saturated carbocycles. The van der Waals surface area contributed by atoms with E-state index in [-0.39, 0.29) is 29.2 Å². The van der Waals surface area contributed by atoms with Gasteiger partial charge in [0.05, 0.1) is 5.56 Å². The molecule has 1 aliphatic heterocycles. The maximum absolute atomic E-state index is 12.4. The lowest BCUT2D eigenvalue weighted by molar-refractivity contribution is -0.132. The number of phenols is 1. The molecule has 2 amide bonds. The first-order valence-electron chi connectivity index (χ1n) is 7.32. The second kappa shape index (κ2) is 5.67. The molecular formula is C17H18N2O3. The number of hydrogen-bond donors (Lipinski definition) is 2. The van der Waals surface area contributed by atoms with Gasteiger partial charge in [-0.25, -0.2) is 0 Å². The van der Waals surface area contributed by atoms with Gasteiger partial charge in [-0.2, -0.15) is 0 Å². The third-order valence-corrected chi connectivity index (χ3v) is 4.11. The summed E-state index contributed by atoms with van der Waals surface area (Å²) in [6.45, 7) is 0.499. The second-order valence-electron chi connectivity index (χ2n) is 5.67. The Morgan fingerprint density at radius 2 is 2.05 bits per heavy atom. The van der Waals surface area contributed by atoms with Crippen molar-refractivity contribution in [1.82, 2.24) is 10.2 Å². The standard InChI is InChI=1S/C17H18N2O3/c1-19-10-12(7-9-15(19)20)18-17(22)14-8-6-11-4-2-3-5-13(11)16(14)21/h2-6,8,12,21H,7,9-10H2,1H3,(H,18,22). The van der Waals surface area contributed by atoms with Crippen LogP contribution < -0.4 is 5.32 Å². The number of benzene rings is 2. The van der Waals surface area contributed by atoms with Crippen LogP contribution in [0, 0.1) is 0 Å². The van der Waals surface area contributed by atoms with E-state index in [0.29, 0.717) is 24.8 Å². The zero-order valence-electron chi connectivity index (χ0n) is 12.4. The van der Waals surface area contributed by atoms with Crippen LogP contribution in [0.15, 0.2) is 36.4 Å². The summed E-state index contributed by atoms with van der Waals surface area (Å²) in [5.74, 6) is -0.217. The Kier molecular flexibility index (Phi) is 3.71. The molecule has 2 aromatic rings. The lowest BCUT2D eigenvalue weighted by Crippen LogP contribution is -2.48. The fourth-order valence-corrected chi connectivity index (χ4v) is 2.83. The number of aromatic hydroxyl groups is 1. The molecule has 5 heteroatoms. The first-order valence-corrected chi connectivity index (χ1v) is 7.32. The molecular weight excluding hydrogens is 280 g/mol. The highest BCUT2D eigenvalue weighted by atomic mass is 16.3. The van der Waals surface area contributed by atoms with Crippen molar-refractivity contribution < 1.29 is 14.7 Å². The average Bonchev–Trinajstić information content (AvgIpc) is 2.51. The molecule has 5 nitrogen and oxygen atoms in total. The Morgan fingerprint density at radius 3 is 2.82 bits per heavy atom. The molecule has 3 rings (SSSR count). The van der Waals surface area contributed by atoms with Gasteiger partial charge in [0.15, 0.2) is 0 Å². The van der Waals surface area contributed by atoms with Gasteiger partial charge in [0, 0.05) is 31.4 Å². The van der Waals surface area contributed by atoms with E-state index < -0.39 is 0 Å². The largest absolute Gasteiger partial charge is 0.506 e. The Labute approximate surface area is 128 Å². The molecule has 2 N–H and O–H groups in total. The Bertz CT molecular complexity index is 742. The highest BCUT2D eigenvalue weighted by Crippen LogP contribution is 2.28. The number of likely N-dealkylation sites (N-methyl/N-ethyl adjacent to an activating group) is 1. The van der Waals surface area contributed by atoms with Crippen molar-refractivity contribution in [1.29, 1.82) is 0 Å². The molecule has 0 aromatic heterocycles. The first-order chi connectivity index (χ1) is 10.6. The van der Waals surface area contributed by atoms with E-state index in [4.69, 9.17) is 0 Å².